The maximum Gasteiger partial charge on any atom is 0.238 e. The average molecular weight is 1260 g/mol. The topological polar surface area (TPSA) is 87.7 Å². The molecular weight excluding hydrogens is 1210 g/mol. The minimum absolute atomic E-state index is 0.522. The number of thiophene rings is 2. The fraction of sp³-hybridized carbons (Fsp3) is 0. The van der Waals surface area contributed by atoms with Gasteiger partial charge in [-0.2, -0.15) is 9.97 Å². The summed E-state index contributed by atoms with van der Waals surface area (Å²) in [5.41, 5.74) is 19.0. The van der Waals surface area contributed by atoms with E-state index in [1.54, 1.807) is 0 Å². The molecule has 96 heavy (non-hydrogen) atoms. The third-order valence-electron chi connectivity index (χ3n) is 19.4. The molecule has 0 N–H and O–H groups in total. The molecule has 446 valence electrons. The predicted molar refractivity (Wildman–Crippen MR) is 399 cm³/mol. The molecule has 0 bridgehead atoms. The minimum Gasteiger partial charge on any atom is -0.437 e. The summed E-state index contributed by atoms with van der Waals surface area (Å²) < 4.78 is 23.2. The van der Waals surface area contributed by atoms with Gasteiger partial charge in [0, 0.05) is 83.8 Å². The van der Waals surface area contributed by atoms with Crippen LogP contribution in [-0.4, -0.2) is 29.1 Å². The van der Waals surface area contributed by atoms with E-state index in [9.17, 15) is 0 Å². The number of para-hydroxylation sites is 3. The molecule has 0 unspecified atom stereocenters. The highest BCUT2D eigenvalue weighted by Gasteiger charge is 2.27. The zero-order valence-corrected chi connectivity index (χ0v) is 52.7. The first-order valence-electron chi connectivity index (χ1n) is 32.2. The number of benzene rings is 13. The molecule has 8 heterocycles. The molecule has 0 fully saturated rings. The molecule has 8 nitrogen and oxygen atoms in total. The molecule has 0 atom stereocenters. The van der Waals surface area contributed by atoms with E-state index >= 15 is 0 Å². The Morgan fingerprint density at radius 2 is 0.646 bits per heavy atom. The highest BCUT2D eigenvalue weighted by molar-refractivity contribution is 7.26. The van der Waals surface area contributed by atoms with Crippen LogP contribution in [0.1, 0.15) is 0 Å². The Balaban J connectivity index is 0.742. The fourth-order valence-corrected chi connectivity index (χ4v) is 17.3. The number of hydrogen-bond donors (Lipinski definition) is 0. The van der Waals surface area contributed by atoms with E-state index in [-0.39, 0.29) is 0 Å². The maximum absolute atomic E-state index is 7.09. The van der Waals surface area contributed by atoms with Crippen molar-refractivity contribution in [2.24, 2.45) is 0 Å². The Morgan fingerprint density at radius 1 is 0.229 bits per heavy atom. The molecule has 21 aromatic rings. The van der Waals surface area contributed by atoms with Crippen molar-refractivity contribution in [3.8, 4) is 78.9 Å². The van der Waals surface area contributed by atoms with E-state index in [0.29, 0.717) is 23.3 Å². The third kappa shape index (κ3) is 8.00. The van der Waals surface area contributed by atoms with Crippen LogP contribution < -0.4 is 0 Å². The van der Waals surface area contributed by atoms with Crippen molar-refractivity contribution in [3.63, 3.8) is 0 Å². The second-order valence-corrected chi connectivity index (χ2v) is 26.9. The number of furan rings is 2. The third-order valence-corrected chi connectivity index (χ3v) is 21.7. The first kappa shape index (κ1) is 53.2. The summed E-state index contributed by atoms with van der Waals surface area (Å²) in [5.74, 6) is 1.07. The van der Waals surface area contributed by atoms with E-state index in [1.165, 1.54) is 45.7 Å². The number of hydrogen-bond acceptors (Lipinski definition) is 8. The van der Waals surface area contributed by atoms with Crippen molar-refractivity contribution in [2.45, 2.75) is 0 Å². The molecule has 21 rings (SSSR count). The minimum atomic E-state index is 0.522. The summed E-state index contributed by atoms with van der Waals surface area (Å²) in [5, 5.41) is 13.1. The van der Waals surface area contributed by atoms with Crippen molar-refractivity contribution in [3.05, 3.63) is 291 Å². The molecule has 8 aromatic heterocycles. The molecule has 0 radical (unpaired) electrons. The van der Waals surface area contributed by atoms with Gasteiger partial charge in [-0.1, -0.05) is 200 Å². The Morgan fingerprint density at radius 3 is 1.26 bits per heavy atom. The Hall–Kier alpha value is -12.3. The van der Waals surface area contributed by atoms with E-state index in [4.69, 9.17) is 28.8 Å². The first-order valence-corrected chi connectivity index (χ1v) is 33.8. The number of nitrogens with zero attached hydrogens (tertiary/aromatic N) is 6. The van der Waals surface area contributed by atoms with Crippen LogP contribution in [0.3, 0.4) is 0 Å². The van der Waals surface area contributed by atoms with Gasteiger partial charge in [-0.3, -0.25) is 9.13 Å². The van der Waals surface area contributed by atoms with Crippen molar-refractivity contribution in [2.75, 3.05) is 0 Å². The van der Waals surface area contributed by atoms with Gasteiger partial charge >= 0.3 is 0 Å². The predicted octanol–water partition coefficient (Wildman–Crippen LogP) is 24.0. The largest absolute Gasteiger partial charge is 0.437 e. The van der Waals surface area contributed by atoms with Crippen molar-refractivity contribution < 1.29 is 8.83 Å². The quantitative estimate of drug-likeness (QED) is 0.151. The average Bonchev–Trinajstić information content (AvgIpc) is 1.56. The summed E-state index contributed by atoms with van der Waals surface area (Å²) >= 11 is 3.64. The number of fused-ring (bicyclic) bond motifs is 20. The highest BCUT2D eigenvalue weighted by atomic mass is 32.1. The molecular formula is C86H48N6O2S2. The molecule has 0 aliphatic heterocycles. The van der Waals surface area contributed by atoms with E-state index in [0.717, 1.165) is 138 Å². The van der Waals surface area contributed by atoms with Gasteiger partial charge in [0.15, 0.2) is 0 Å². The standard InChI is InChI=1S/C86H48N6O2S2/c1-4-18-49(19-5-1)52-32-34-53(35-33-52)81-80-62-38-36-55(48-70(62)94-84(80)90-85(87-81)91-65-28-14-10-24-59(65)75-67(91)39-42-73-77(75)63-27-13-17-31-71(63)95-73)54-37-41-72-64(47-54)78-74(96-72)43-40-68-76(78)60-25-11-15-29-66(60)92(68)86-88-82(79-61-26-12-16-30-69(61)93-83(79)89-86)58-45-56(50-20-6-2-7-21-50)44-57(46-58)51-22-8-3-9-23-51/h1-48H. The van der Waals surface area contributed by atoms with Crippen LogP contribution in [-0.2, 0) is 0 Å². The van der Waals surface area contributed by atoms with Crippen LogP contribution in [0.4, 0.5) is 0 Å². The van der Waals surface area contributed by atoms with Crippen LogP contribution in [0.25, 0.3) is 207 Å². The van der Waals surface area contributed by atoms with Crippen LogP contribution in [0, 0.1) is 0 Å². The van der Waals surface area contributed by atoms with Gasteiger partial charge in [-0.15, -0.1) is 22.7 Å². The summed E-state index contributed by atoms with van der Waals surface area (Å²) in [7, 11) is 0. The van der Waals surface area contributed by atoms with Gasteiger partial charge in [-0.05, 0) is 136 Å². The SMILES string of the molecule is c1ccc(-c2ccc(-c3nc(-n4c5ccccc5c5c6c(ccc54)sc4ccccc46)nc4oc5cc(-c6ccc7sc8ccc9c(c%10ccccc%10n9-c9nc(-c%10cc(-c%11ccccc%11)cc(-c%11ccccc%11)c%10)c%10c(n9)oc9ccccc9%10)c8c7c6)ccc5c34)cc2)cc1. The smallest absolute Gasteiger partial charge is 0.238 e. The first-order chi connectivity index (χ1) is 47.6. The second kappa shape index (κ2) is 20.6. The van der Waals surface area contributed by atoms with Crippen LogP contribution in [0.15, 0.2) is 300 Å². The van der Waals surface area contributed by atoms with Crippen molar-refractivity contribution in [1.82, 2.24) is 29.1 Å². The lowest BCUT2D eigenvalue weighted by atomic mass is 9.94. The molecule has 0 spiro atoms. The Kier molecular flexibility index (Phi) is 11.4. The van der Waals surface area contributed by atoms with Gasteiger partial charge < -0.3 is 8.83 Å². The van der Waals surface area contributed by atoms with E-state index < -0.39 is 0 Å². The fourth-order valence-electron chi connectivity index (χ4n) is 15.1. The molecule has 0 saturated carbocycles. The summed E-state index contributed by atoms with van der Waals surface area (Å²) in [6.45, 7) is 0. The van der Waals surface area contributed by atoms with Gasteiger partial charge in [-0.25, -0.2) is 9.97 Å². The zero-order chi connectivity index (χ0) is 62.7. The molecule has 10 heteroatoms. The number of aromatic nitrogens is 6. The van der Waals surface area contributed by atoms with E-state index in [1.807, 2.05) is 34.8 Å². The van der Waals surface area contributed by atoms with Crippen LogP contribution >= 0.6 is 22.7 Å². The zero-order valence-electron chi connectivity index (χ0n) is 51.0. The van der Waals surface area contributed by atoms with Gasteiger partial charge in [0.2, 0.25) is 23.3 Å². The van der Waals surface area contributed by atoms with Crippen LogP contribution in [0.5, 0.6) is 0 Å². The lowest BCUT2D eigenvalue weighted by Gasteiger charge is -2.13. The van der Waals surface area contributed by atoms with Gasteiger partial charge in [0.1, 0.15) is 11.2 Å². The molecule has 13 aromatic carbocycles. The molecule has 0 saturated heterocycles. The van der Waals surface area contributed by atoms with E-state index in [2.05, 4.69) is 288 Å². The van der Waals surface area contributed by atoms with Gasteiger partial charge in [0.05, 0.1) is 44.2 Å². The summed E-state index contributed by atoms with van der Waals surface area (Å²) in [6, 6.07) is 104. The normalized spacial score (nSPS) is 12.2. The molecule has 0 amide bonds. The lowest BCUT2D eigenvalue weighted by Crippen LogP contribution is -2.03. The Labute approximate surface area is 555 Å². The van der Waals surface area contributed by atoms with Crippen molar-refractivity contribution >= 4 is 151 Å². The lowest BCUT2D eigenvalue weighted by molar-refractivity contribution is 0.651. The van der Waals surface area contributed by atoms with Crippen LogP contribution in [0.2, 0.25) is 0 Å². The summed E-state index contributed by atoms with van der Waals surface area (Å²) in [4.78, 5) is 22.2. The second-order valence-electron chi connectivity index (χ2n) is 24.8. The van der Waals surface area contributed by atoms with Crippen molar-refractivity contribution in [1.29, 1.82) is 0 Å². The number of rotatable bonds is 8. The van der Waals surface area contributed by atoms with Gasteiger partial charge in [0.25, 0.3) is 0 Å². The Bertz CT molecular complexity index is 6760. The molecule has 0 aliphatic rings. The molecule has 0 aliphatic carbocycles. The highest BCUT2D eigenvalue weighted by Crippen LogP contribution is 2.48. The monoisotopic (exact) mass is 1260 g/mol. The maximum atomic E-state index is 7.09. The summed E-state index contributed by atoms with van der Waals surface area (Å²) in [6.07, 6.45) is 0.